The van der Waals surface area contributed by atoms with E-state index in [1.807, 2.05) is 6.92 Å². The molecule has 1 aliphatic carbocycles. The van der Waals surface area contributed by atoms with Crippen molar-refractivity contribution in [1.29, 1.82) is 0 Å². The zero-order valence-electron chi connectivity index (χ0n) is 19.2. The molecule has 3 unspecified atom stereocenters. The van der Waals surface area contributed by atoms with Crippen molar-refractivity contribution in [3.63, 3.8) is 0 Å². The molecule has 0 radical (unpaired) electrons. The normalized spacial score (nSPS) is 31.3. The Labute approximate surface area is 170 Å². The molecule has 2 aliphatic rings. The molecule has 0 aromatic carbocycles. The first-order valence-electron chi connectivity index (χ1n) is 10.9. The molecule has 0 bridgehead atoms. The van der Waals surface area contributed by atoms with Gasteiger partial charge in [0.15, 0.2) is 0 Å². The van der Waals surface area contributed by atoms with Gasteiger partial charge in [0.2, 0.25) is 0 Å². The molecular weight excluding hydrogens is 360 g/mol. The molecule has 2 nitrogen and oxygen atoms in total. The largest absolute Gasteiger partial charge is 0.410 e. The lowest BCUT2D eigenvalue weighted by Gasteiger charge is -2.35. The van der Waals surface area contributed by atoms with Crippen LogP contribution in [0.3, 0.4) is 0 Å². The van der Waals surface area contributed by atoms with Gasteiger partial charge in [-0.15, -0.1) is 0 Å². The number of nitrogens with zero attached hydrogens (tertiary/aromatic N) is 2. The van der Waals surface area contributed by atoms with Crippen molar-refractivity contribution in [3.05, 3.63) is 0 Å². The van der Waals surface area contributed by atoms with Gasteiger partial charge in [-0.2, -0.15) is 18.3 Å². The predicted octanol–water partition coefficient (Wildman–Crippen LogP) is 7.15. The number of hydrogen-bond donors (Lipinski definition) is 0. The van der Waals surface area contributed by atoms with Gasteiger partial charge in [-0.25, -0.2) is 0 Å². The van der Waals surface area contributed by atoms with Crippen LogP contribution in [0, 0.1) is 16.2 Å². The van der Waals surface area contributed by atoms with E-state index in [4.69, 9.17) is 0 Å². The summed E-state index contributed by atoms with van der Waals surface area (Å²) in [4.78, 5) is 0. The summed E-state index contributed by atoms with van der Waals surface area (Å²) in [6.07, 6.45) is 3.98. The fourth-order valence-corrected chi connectivity index (χ4v) is 5.37. The third kappa shape index (κ3) is 5.27. The van der Waals surface area contributed by atoms with Crippen LogP contribution in [-0.4, -0.2) is 36.7 Å². The molecule has 3 atom stereocenters. The zero-order chi connectivity index (χ0) is 21.5. The summed E-state index contributed by atoms with van der Waals surface area (Å²) in [5.74, 6) is 0.802. The summed E-state index contributed by atoms with van der Waals surface area (Å²) in [5.41, 5.74) is 1.90. The zero-order valence-corrected chi connectivity index (χ0v) is 19.2. The Morgan fingerprint density at radius 2 is 1.68 bits per heavy atom. The van der Waals surface area contributed by atoms with Crippen LogP contribution in [0.25, 0.3) is 0 Å². The SMILES string of the molecule is C/C(CCC1(C)CCC(B2CC(C)(C)C(C)(C)C2)C1)=N\N(C)C(C)C(F)(F)F. The highest BCUT2D eigenvalue weighted by molar-refractivity contribution is 6.61. The fourth-order valence-electron chi connectivity index (χ4n) is 5.37. The summed E-state index contributed by atoms with van der Waals surface area (Å²) < 4.78 is 38.5. The molecule has 1 saturated heterocycles. The second-order valence-electron chi connectivity index (χ2n) is 11.4. The minimum Gasteiger partial charge on any atom is -0.288 e. The van der Waals surface area contributed by atoms with Crippen LogP contribution in [0.4, 0.5) is 13.2 Å². The maximum absolute atomic E-state index is 12.8. The van der Waals surface area contributed by atoms with Crippen LogP contribution in [0.1, 0.15) is 80.6 Å². The summed E-state index contributed by atoms with van der Waals surface area (Å²) in [5, 5.41) is 5.25. The molecule has 1 aliphatic heterocycles. The van der Waals surface area contributed by atoms with Gasteiger partial charge in [-0.3, -0.25) is 5.01 Å². The van der Waals surface area contributed by atoms with Gasteiger partial charge in [0.05, 0.1) is 0 Å². The average Bonchev–Trinajstić information content (AvgIpc) is 3.02. The van der Waals surface area contributed by atoms with E-state index in [0.29, 0.717) is 16.2 Å². The van der Waals surface area contributed by atoms with E-state index in [-0.39, 0.29) is 0 Å². The van der Waals surface area contributed by atoms with Crippen LogP contribution < -0.4 is 0 Å². The van der Waals surface area contributed by atoms with Crippen molar-refractivity contribution in [3.8, 4) is 0 Å². The van der Waals surface area contributed by atoms with Crippen molar-refractivity contribution in [2.24, 2.45) is 21.3 Å². The molecule has 2 rings (SSSR count). The summed E-state index contributed by atoms with van der Waals surface area (Å²) in [6.45, 7) is 15.9. The van der Waals surface area contributed by atoms with Gasteiger partial charge >= 0.3 is 6.18 Å². The second-order valence-corrected chi connectivity index (χ2v) is 11.4. The first-order valence-corrected chi connectivity index (χ1v) is 10.9. The topological polar surface area (TPSA) is 15.6 Å². The van der Waals surface area contributed by atoms with E-state index in [2.05, 4.69) is 39.7 Å². The van der Waals surface area contributed by atoms with Crippen molar-refractivity contribution < 1.29 is 13.2 Å². The highest BCUT2D eigenvalue weighted by Gasteiger charge is 2.51. The van der Waals surface area contributed by atoms with Crippen LogP contribution >= 0.6 is 0 Å². The number of hydrogen-bond acceptors (Lipinski definition) is 2. The molecule has 28 heavy (non-hydrogen) atoms. The molecule has 2 fully saturated rings. The average molecular weight is 400 g/mol. The van der Waals surface area contributed by atoms with Gasteiger partial charge in [-0.1, -0.05) is 65.9 Å². The quantitative estimate of drug-likeness (QED) is 0.263. The highest BCUT2D eigenvalue weighted by atomic mass is 19.4. The van der Waals surface area contributed by atoms with E-state index in [0.717, 1.165) is 43.0 Å². The van der Waals surface area contributed by atoms with Crippen LogP contribution in [0.15, 0.2) is 5.10 Å². The van der Waals surface area contributed by atoms with E-state index >= 15 is 0 Å². The van der Waals surface area contributed by atoms with Crippen LogP contribution in [0.2, 0.25) is 18.5 Å². The Morgan fingerprint density at radius 1 is 1.14 bits per heavy atom. The lowest BCUT2D eigenvalue weighted by Crippen LogP contribution is -2.38. The number of alkyl halides is 3. The maximum atomic E-state index is 12.8. The smallest absolute Gasteiger partial charge is 0.288 e. The Morgan fingerprint density at radius 3 is 2.18 bits per heavy atom. The van der Waals surface area contributed by atoms with Gasteiger partial charge < -0.3 is 0 Å². The molecule has 0 aromatic heterocycles. The van der Waals surface area contributed by atoms with Crippen LogP contribution in [0.5, 0.6) is 0 Å². The summed E-state index contributed by atoms with van der Waals surface area (Å²) in [7, 11) is 1.42. The van der Waals surface area contributed by atoms with Crippen molar-refractivity contribution in [2.45, 2.75) is 111 Å². The standard InChI is InChI=1S/C22H40BF3N2/c1-16(27-28(8)17(2)22(24,25)26)9-11-21(7)12-10-18(13-21)23-14-19(3,4)20(5,6)15-23/h17-18H,9-15H2,1-8H3/b27-16+. The molecule has 0 aromatic rings. The van der Waals surface area contributed by atoms with E-state index in [1.54, 1.807) is 0 Å². The fraction of sp³-hybridized carbons (Fsp3) is 0.955. The predicted molar refractivity (Wildman–Crippen MR) is 114 cm³/mol. The number of hydrazone groups is 1. The Kier molecular flexibility index (Phi) is 6.63. The molecule has 0 N–H and O–H groups in total. The van der Waals surface area contributed by atoms with Crippen molar-refractivity contribution >= 4 is 12.4 Å². The van der Waals surface area contributed by atoms with Crippen molar-refractivity contribution in [2.75, 3.05) is 7.05 Å². The maximum Gasteiger partial charge on any atom is 0.410 e. The second kappa shape index (κ2) is 7.87. The minimum atomic E-state index is -4.24. The van der Waals surface area contributed by atoms with Crippen LogP contribution in [-0.2, 0) is 0 Å². The monoisotopic (exact) mass is 400 g/mol. The molecule has 1 saturated carbocycles. The Bertz CT molecular complexity index is 569. The third-order valence-corrected chi connectivity index (χ3v) is 8.37. The molecule has 0 spiro atoms. The minimum absolute atomic E-state index is 0.298. The lowest BCUT2D eigenvalue weighted by atomic mass is 9.37. The lowest BCUT2D eigenvalue weighted by molar-refractivity contribution is -0.175. The molecular formula is C22H40BF3N2. The summed E-state index contributed by atoms with van der Waals surface area (Å²) >= 11 is 0. The first-order chi connectivity index (χ1) is 12.6. The molecule has 0 amide bonds. The number of rotatable bonds is 6. The Balaban J connectivity index is 1.89. The number of halogens is 3. The van der Waals surface area contributed by atoms with Gasteiger partial charge in [0, 0.05) is 12.8 Å². The molecule has 1 heterocycles. The highest BCUT2D eigenvalue weighted by Crippen LogP contribution is 2.59. The van der Waals surface area contributed by atoms with Gasteiger partial charge in [0.25, 0.3) is 0 Å². The Hall–Kier alpha value is -0.675. The van der Waals surface area contributed by atoms with E-state index < -0.39 is 12.2 Å². The van der Waals surface area contributed by atoms with Gasteiger partial charge in [0.1, 0.15) is 12.8 Å². The molecule has 6 heteroatoms. The van der Waals surface area contributed by atoms with Crippen molar-refractivity contribution in [1.82, 2.24) is 5.01 Å². The third-order valence-electron chi connectivity index (χ3n) is 8.37. The van der Waals surface area contributed by atoms with Gasteiger partial charge in [-0.05, 0) is 49.4 Å². The van der Waals surface area contributed by atoms with E-state index in [1.165, 1.54) is 39.0 Å². The first kappa shape index (κ1) is 23.6. The summed E-state index contributed by atoms with van der Waals surface area (Å²) in [6, 6.07) is -1.55. The van der Waals surface area contributed by atoms with E-state index in [9.17, 15) is 13.2 Å². The molecule has 162 valence electrons.